The van der Waals surface area contributed by atoms with E-state index in [1.807, 2.05) is 39.8 Å². The van der Waals surface area contributed by atoms with Crippen LogP contribution in [0, 0.1) is 25.7 Å². The number of ether oxygens (including phenoxy) is 2. The van der Waals surface area contributed by atoms with Crippen LogP contribution in [0.4, 0.5) is 5.69 Å². The number of nitrogens with zero attached hydrogens (tertiary/aromatic N) is 2. The summed E-state index contributed by atoms with van der Waals surface area (Å²) in [5, 5.41) is 0. The van der Waals surface area contributed by atoms with Gasteiger partial charge in [0.15, 0.2) is 0 Å². The molecule has 1 aliphatic carbocycles. The maximum Gasteiger partial charge on any atom is 0.346 e. The van der Waals surface area contributed by atoms with Gasteiger partial charge in [-0.1, -0.05) is 60.2 Å². The van der Waals surface area contributed by atoms with E-state index in [1.54, 1.807) is 4.90 Å². The first-order valence-corrected chi connectivity index (χ1v) is 15.7. The topological polar surface area (TPSA) is 110 Å². The zero-order chi connectivity index (χ0) is 30.7. The highest BCUT2D eigenvalue weighted by Gasteiger charge is 2.51. The second-order valence-electron chi connectivity index (χ2n) is 11.4. The van der Waals surface area contributed by atoms with E-state index >= 15 is 0 Å². The SMILES string of the molecule is COC(=O)C1=C(C(=O)OC)SC(=C2C(=S)C(C)(C)N(C(=O)CN3C(=O)[C@H]4CCCC[C@@H]4C3=O)c3c(C)cc(C)cc32)S1. The maximum atomic E-state index is 14.2. The summed E-state index contributed by atoms with van der Waals surface area (Å²) in [6.45, 7) is 7.11. The minimum absolute atomic E-state index is 0.106. The number of benzene rings is 1. The van der Waals surface area contributed by atoms with E-state index in [-0.39, 0.29) is 40.0 Å². The van der Waals surface area contributed by atoms with Gasteiger partial charge in [-0.2, -0.15) is 0 Å². The number of likely N-dealkylation sites (tertiary alicyclic amines) is 1. The number of carbonyl (C=O) groups excluding carboxylic acids is 5. The third-order valence-corrected chi connectivity index (χ3v) is 11.6. The van der Waals surface area contributed by atoms with E-state index < -0.39 is 23.4 Å². The molecule has 0 spiro atoms. The van der Waals surface area contributed by atoms with Crippen LogP contribution in [0.15, 0.2) is 26.2 Å². The third-order valence-electron chi connectivity index (χ3n) is 8.30. The number of thiocarbonyl (C=S) groups is 1. The van der Waals surface area contributed by atoms with E-state index in [9.17, 15) is 24.0 Å². The number of methoxy groups -OCH3 is 2. The fourth-order valence-electron chi connectivity index (χ4n) is 6.34. The van der Waals surface area contributed by atoms with E-state index in [4.69, 9.17) is 21.7 Å². The van der Waals surface area contributed by atoms with Crippen LogP contribution in [0.1, 0.15) is 56.2 Å². The third kappa shape index (κ3) is 4.81. The number of esters is 2. The first-order valence-electron chi connectivity index (χ1n) is 13.7. The number of hydrogen-bond acceptors (Lipinski definition) is 10. The first-order chi connectivity index (χ1) is 19.8. The molecule has 3 heterocycles. The largest absolute Gasteiger partial charge is 0.465 e. The van der Waals surface area contributed by atoms with Gasteiger partial charge < -0.3 is 9.47 Å². The maximum absolute atomic E-state index is 14.2. The highest BCUT2D eigenvalue weighted by Crippen LogP contribution is 2.56. The summed E-state index contributed by atoms with van der Waals surface area (Å²) in [6, 6.07) is 3.88. The summed E-state index contributed by atoms with van der Waals surface area (Å²) in [7, 11) is 2.48. The van der Waals surface area contributed by atoms with E-state index in [0.717, 1.165) is 52.4 Å². The molecule has 1 aromatic carbocycles. The molecular weight excluding hydrogens is 597 g/mol. The summed E-state index contributed by atoms with van der Waals surface area (Å²) >= 11 is 8.23. The van der Waals surface area contributed by atoms with Crippen molar-refractivity contribution in [3.8, 4) is 0 Å². The Bertz CT molecular complexity index is 1470. The molecule has 1 aromatic rings. The lowest BCUT2D eigenvalue weighted by atomic mass is 9.81. The molecule has 2 atom stereocenters. The van der Waals surface area contributed by atoms with Gasteiger partial charge in [-0.05, 0) is 52.2 Å². The van der Waals surface area contributed by atoms with E-state index in [2.05, 4.69) is 0 Å². The number of aryl methyl sites for hydroxylation is 2. The highest BCUT2D eigenvalue weighted by molar-refractivity contribution is 8.29. The Labute approximate surface area is 258 Å². The zero-order valence-corrected chi connectivity index (χ0v) is 26.8. The van der Waals surface area contributed by atoms with Crippen LogP contribution < -0.4 is 4.90 Å². The van der Waals surface area contributed by atoms with Crippen LogP contribution in [-0.4, -0.2) is 65.7 Å². The summed E-state index contributed by atoms with van der Waals surface area (Å²) in [6.07, 6.45) is 3.14. The lowest BCUT2D eigenvalue weighted by Crippen LogP contribution is -2.58. The van der Waals surface area contributed by atoms with Crippen LogP contribution in [0.25, 0.3) is 5.57 Å². The van der Waals surface area contributed by atoms with Gasteiger partial charge in [-0.25, -0.2) is 9.59 Å². The van der Waals surface area contributed by atoms with Crippen molar-refractivity contribution in [1.29, 1.82) is 0 Å². The molecule has 12 heteroatoms. The summed E-state index contributed by atoms with van der Waals surface area (Å²) in [5.74, 6) is -2.97. The first kappa shape index (κ1) is 30.5. The predicted octanol–water partition coefficient (Wildman–Crippen LogP) is 4.68. The summed E-state index contributed by atoms with van der Waals surface area (Å²) < 4.78 is 10.5. The predicted molar refractivity (Wildman–Crippen MR) is 165 cm³/mol. The number of anilines is 1. The van der Waals surface area contributed by atoms with Gasteiger partial charge in [0.2, 0.25) is 17.7 Å². The fraction of sp³-hybridized carbons (Fsp3) is 0.467. The Morgan fingerprint density at radius 2 is 1.48 bits per heavy atom. The van der Waals surface area contributed by atoms with Crippen molar-refractivity contribution >= 4 is 81.5 Å². The highest BCUT2D eigenvalue weighted by atomic mass is 32.2. The van der Waals surface area contributed by atoms with Crippen LogP contribution >= 0.6 is 35.7 Å². The van der Waals surface area contributed by atoms with Crippen molar-refractivity contribution in [2.75, 3.05) is 25.7 Å². The van der Waals surface area contributed by atoms with Gasteiger partial charge in [-0.15, -0.1) is 0 Å². The lowest BCUT2D eigenvalue weighted by Gasteiger charge is -2.46. The molecule has 0 aromatic heterocycles. The van der Waals surface area contributed by atoms with Gasteiger partial charge in [0.25, 0.3) is 0 Å². The minimum atomic E-state index is -1.05. The van der Waals surface area contributed by atoms with Crippen LogP contribution in [0.5, 0.6) is 0 Å². The normalized spacial score (nSPS) is 23.3. The molecule has 0 bridgehead atoms. The Kier molecular flexibility index (Phi) is 8.19. The number of rotatable bonds is 4. The van der Waals surface area contributed by atoms with Crippen molar-refractivity contribution in [2.24, 2.45) is 11.8 Å². The monoisotopic (exact) mass is 628 g/mol. The van der Waals surface area contributed by atoms with Gasteiger partial charge in [0.05, 0.1) is 46.4 Å². The molecule has 42 heavy (non-hydrogen) atoms. The molecule has 3 aliphatic heterocycles. The van der Waals surface area contributed by atoms with Crippen molar-refractivity contribution in [2.45, 2.75) is 58.9 Å². The Hall–Kier alpha value is -2.96. The van der Waals surface area contributed by atoms with Crippen LogP contribution in [-0.2, 0) is 33.4 Å². The molecule has 0 unspecified atom stereocenters. The molecule has 222 valence electrons. The number of carbonyl (C=O) groups is 5. The lowest BCUT2D eigenvalue weighted by molar-refractivity contribution is -0.143. The van der Waals surface area contributed by atoms with Crippen molar-refractivity contribution in [3.63, 3.8) is 0 Å². The Balaban J connectivity index is 1.60. The molecule has 3 amide bonds. The molecule has 9 nitrogen and oxygen atoms in total. The molecular formula is C30H32N2O7S3. The van der Waals surface area contributed by atoms with Crippen molar-refractivity contribution < 1.29 is 33.4 Å². The van der Waals surface area contributed by atoms with Gasteiger partial charge in [-0.3, -0.25) is 24.2 Å². The molecule has 0 N–H and O–H groups in total. The Morgan fingerprint density at radius 1 is 0.952 bits per heavy atom. The molecule has 1 saturated carbocycles. The number of thioether (sulfide) groups is 2. The van der Waals surface area contributed by atoms with E-state index in [0.29, 0.717) is 38.8 Å². The van der Waals surface area contributed by atoms with E-state index in [1.165, 1.54) is 14.2 Å². The number of amides is 3. The average molecular weight is 629 g/mol. The van der Waals surface area contributed by atoms with Gasteiger partial charge in [0, 0.05) is 11.1 Å². The number of hydrogen-bond donors (Lipinski definition) is 0. The van der Waals surface area contributed by atoms with Crippen LogP contribution in [0.2, 0.25) is 0 Å². The zero-order valence-electron chi connectivity index (χ0n) is 24.3. The molecule has 1 saturated heterocycles. The molecule has 2 fully saturated rings. The fourth-order valence-corrected chi connectivity index (χ4v) is 9.38. The number of fused-ring (bicyclic) bond motifs is 2. The number of imide groups is 1. The van der Waals surface area contributed by atoms with Crippen LogP contribution in [0.3, 0.4) is 0 Å². The quantitative estimate of drug-likeness (QED) is 0.202. The Morgan fingerprint density at radius 3 is 1.98 bits per heavy atom. The molecule has 0 radical (unpaired) electrons. The van der Waals surface area contributed by atoms with Gasteiger partial charge >= 0.3 is 11.9 Å². The standard InChI is InChI=1S/C30H32N2O7S3/c1-14-11-15(2)21-18(12-14)20(29-41-22(27(36)38-5)23(42-29)28(37)39-6)24(40)30(3,4)32(21)19(33)13-31-25(34)16-9-7-8-10-17(16)26(31)35/h11-12,16-17H,7-10,13H2,1-6H3/t16-,17-/m0/s1. The van der Waals surface area contributed by atoms with Gasteiger partial charge in [0.1, 0.15) is 16.4 Å². The minimum Gasteiger partial charge on any atom is -0.465 e. The molecule has 5 rings (SSSR count). The second-order valence-corrected chi connectivity index (χ2v) is 14.1. The smallest absolute Gasteiger partial charge is 0.346 e. The summed E-state index contributed by atoms with van der Waals surface area (Å²) in [4.78, 5) is 69.2. The van der Waals surface area contributed by atoms with Crippen molar-refractivity contribution in [3.05, 3.63) is 42.9 Å². The van der Waals surface area contributed by atoms with Crippen molar-refractivity contribution in [1.82, 2.24) is 4.90 Å². The summed E-state index contributed by atoms with van der Waals surface area (Å²) in [5.41, 5.74) is 2.59. The second kappa shape index (κ2) is 11.3. The average Bonchev–Trinajstić information content (AvgIpc) is 3.49. The molecule has 4 aliphatic rings.